The molecule has 0 aliphatic carbocycles. The molecule has 0 radical (unpaired) electrons. The number of carbonyl (C=O) groups excluding carboxylic acids is 1. The Morgan fingerprint density at radius 2 is 2.24 bits per heavy atom. The van der Waals surface area contributed by atoms with E-state index >= 15 is 0 Å². The smallest absolute Gasteiger partial charge is 0.255 e. The lowest BCUT2D eigenvalue weighted by atomic mass is 9.95. The van der Waals surface area contributed by atoms with Crippen LogP contribution >= 0.6 is 0 Å². The minimum absolute atomic E-state index is 0.0763. The van der Waals surface area contributed by atoms with Gasteiger partial charge >= 0.3 is 0 Å². The number of amides is 1. The van der Waals surface area contributed by atoms with Crippen LogP contribution in [0.2, 0.25) is 0 Å². The molecule has 0 bridgehead atoms. The fraction of sp³-hybridized carbons (Fsp3) is 0.533. The third-order valence-corrected chi connectivity index (χ3v) is 4.07. The summed E-state index contributed by atoms with van der Waals surface area (Å²) in [7, 11) is 1.84. The number of carbonyl (C=O) groups is 1. The maximum atomic E-state index is 12.6. The maximum Gasteiger partial charge on any atom is 0.255 e. The minimum atomic E-state index is -0.796. The Morgan fingerprint density at radius 3 is 2.95 bits per heavy atom. The summed E-state index contributed by atoms with van der Waals surface area (Å²) in [5.74, 6) is -0.0763. The molecular formula is C15H20N4O2. The molecule has 1 atom stereocenters. The first-order valence-electron chi connectivity index (χ1n) is 7.18. The van der Waals surface area contributed by atoms with Gasteiger partial charge in [-0.15, -0.1) is 0 Å². The molecule has 1 aliphatic heterocycles. The van der Waals surface area contributed by atoms with Gasteiger partial charge in [-0.3, -0.25) is 9.48 Å². The van der Waals surface area contributed by atoms with Crippen molar-refractivity contribution in [1.29, 1.82) is 0 Å². The van der Waals surface area contributed by atoms with Gasteiger partial charge in [0, 0.05) is 31.7 Å². The van der Waals surface area contributed by atoms with E-state index < -0.39 is 5.60 Å². The fourth-order valence-corrected chi connectivity index (χ4v) is 3.00. The Kier molecular flexibility index (Phi) is 3.20. The topological polar surface area (TPSA) is 71.2 Å². The summed E-state index contributed by atoms with van der Waals surface area (Å²) in [5.41, 5.74) is 1.39. The first-order valence-corrected chi connectivity index (χ1v) is 7.18. The highest BCUT2D eigenvalue weighted by atomic mass is 16.3. The summed E-state index contributed by atoms with van der Waals surface area (Å²) in [6.07, 6.45) is 3.14. The molecule has 2 aromatic rings. The molecule has 1 amide bonds. The summed E-state index contributed by atoms with van der Waals surface area (Å²) >= 11 is 0. The molecule has 1 fully saturated rings. The average molecular weight is 288 g/mol. The molecule has 1 unspecified atom stereocenters. The van der Waals surface area contributed by atoms with Gasteiger partial charge in [0.2, 0.25) is 0 Å². The van der Waals surface area contributed by atoms with Crippen molar-refractivity contribution in [3.63, 3.8) is 0 Å². The van der Waals surface area contributed by atoms with Gasteiger partial charge in [-0.2, -0.15) is 5.10 Å². The second-order valence-corrected chi connectivity index (χ2v) is 6.13. The van der Waals surface area contributed by atoms with E-state index in [1.165, 1.54) is 0 Å². The number of fused-ring (bicyclic) bond motifs is 1. The van der Waals surface area contributed by atoms with Crippen LogP contribution in [-0.2, 0) is 7.05 Å². The first-order chi connectivity index (χ1) is 9.87. The van der Waals surface area contributed by atoms with Crippen LogP contribution in [-0.4, -0.2) is 49.4 Å². The number of aryl methyl sites for hydroxylation is 2. The quantitative estimate of drug-likeness (QED) is 0.857. The lowest BCUT2D eigenvalue weighted by Gasteiger charge is -2.36. The monoisotopic (exact) mass is 288 g/mol. The SMILES string of the molecule is Cc1nn(C)c2ncc(C(=O)N3CCCC(C)(O)C3)cc12. The normalized spacial score (nSPS) is 22.8. The molecule has 3 rings (SSSR count). The van der Waals surface area contributed by atoms with Crippen LogP contribution in [0.1, 0.15) is 35.8 Å². The predicted molar refractivity (Wildman–Crippen MR) is 79.0 cm³/mol. The zero-order chi connectivity index (χ0) is 15.2. The molecule has 2 aromatic heterocycles. The van der Waals surface area contributed by atoms with Crippen LogP contribution in [0.3, 0.4) is 0 Å². The standard InChI is InChI=1S/C15H20N4O2/c1-10-12-7-11(8-16-13(12)18(3)17-10)14(20)19-6-4-5-15(2,21)9-19/h7-8,21H,4-6,9H2,1-3H3. The molecule has 6 nitrogen and oxygen atoms in total. The van der Waals surface area contributed by atoms with Crippen LogP contribution in [0.5, 0.6) is 0 Å². The van der Waals surface area contributed by atoms with Crippen molar-refractivity contribution in [3.05, 3.63) is 23.5 Å². The highest BCUT2D eigenvalue weighted by Crippen LogP contribution is 2.23. The second-order valence-electron chi connectivity index (χ2n) is 6.13. The van der Waals surface area contributed by atoms with Gasteiger partial charge in [0.15, 0.2) is 5.65 Å². The molecule has 3 heterocycles. The summed E-state index contributed by atoms with van der Waals surface area (Å²) in [5, 5.41) is 15.3. The van der Waals surface area contributed by atoms with Gasteiger partial charge in [-0.1, -0.05) is 0 Å². The number of piperidine rings is 1. The third kappa shape index (κ3) is 2.51. The Morgan fingerprint density at radius 1 is 1.48 bits per heavy atom. The molecule has 1 saturated heterocycles. The van der Waals surface area contributed by atoms with Crippen molar-refractivity contribution < 1.29 is 9.90 Å². The van der Waals surface area contributed by atoms with E-state index in [0.29, 0.717) is 18.7 Å². The van der Waals surface area contributed by atoms with E-state index in [1.54, 1.807) is 22.7 Å². The number of aliphatic hydroxyl groups is 1. The number of pyridine rings is 1. The summed E-state index contributed by atoms with van der Waals surface area (Å²) in [6, 6.07) is 1.84. The van der Waals surface area contributed by atoms with Crippen LogP contribution in [0, 0.1) is 6.92 Å². The number of nitrogens with zero attached hydrogens (tertiary/aromatic N) is 4. The number of hydrogen-bond acceptors (Lipinski definition) is 4. The molecule has 112 valence electrons. The molecule has 0 aromatic carbocycles. The average Bonchev–Trinajstić information content (AvgIpc) is 2.72. The van der Waals surface area contributed by atoms with Gasteiger partial charge in [0.1, 0.15) is 0 Å². The number of rotatable bonds is 1. The van der Waals surface area contributed by atoms with Crippen molar-refractivity contribution in [2.24, 2.45) is 7.05 Å². The van der Waals surface area contributed by atoms with Crippen molar-refractivity contribution in [2.75, 3.05) is 13.1 Å². The molecule has 1 N–H and O–H groups in total. The predicted octanol–water partition coefficient (Wildman–Crippen LogP) is 1.26. The van der Waals surface area contributed by atoms with E-state index in [2.05, 4.69) is 10.1 Å². The zero-order valence-corrected chi connectivity index (χ0v) is 12.6. The van der Waals surface area contributed by atoms with Crippen molar-refractivity contribution in [2.45, 2.75) is 32.3 Å². The molecular weight excluding hydrogens is 268 g/mol. The summed E-state index contributed by atoms with van der Waals surface area (Å²) < 4.78 is 1.71. The van der Waals surface area contributed by atoms with Gasteiger partial charge < -0.3 is 10.0 Å². The van der Waals surface area contributed by atoms with Gasteiger partial charge in [-0.25, -0.2) is 4.98 Å². The van der Waals surface area contributed by atoms with E-state index in [9.17, 15) is 9.90 Å². The second kappa shape index (κ2) is 4.80. The molecule has 0 saturated carbocycles. The van der Waals surface area contributed by atoms with Gasteiger partial charge in [-0.05, 0) is 32.8 Å². The van der Waals surface area contributed by atoms with Crippen molar-refractivity contribution in [3.8, 4) is 0 Å². The largest absolute Gasteiger partial charge is 0.388 e. The van der Waals surface area contributed by atoms with Crippen LogP contribution < -0.4 is 0 Å². The molecule has 1 aliphatic rings. The number of aromatic nitrogens is 3. The zero-order valence-electron chi connectivity index (χ0n) is 12.6. The number of β-amino-alcohol motifs (C(OH)–C–C–N with tert-alkyl or cyclic N) is 1. The van der Waals surface area contributed by atoms with Crippen molar-refractivity contribution >= 4 is 16.9 Å². The number of hydrogen-bond donors (Lipinski definition) is 1. The van der Waals surface area contributed by atoms with Crippen LogP contribution in [0.15, 0.2) is 12.3 Å². The van der Waals surface area contributed by atoms with E-state index in [1.807, 2.05) is 20.0 Å². The van der Waals surface area contributed by atoms with E-state index in [-0.39, 0.29) is 5.91 Å². The van der Waals surface area contributed by atoms with E-state index in [4.69, 9.17) is 0 Å². The lowest BCUT2D eigenvalue weighted by Crippen LogP contribution is -2.48. The Balaban J connectivity index is 1.93. The van der Waals surface area contributed by atoms with Gasteiger partial charge in [0.05, 0.1) is 16.9 Å². The number of likely N-dealkylation sites (tertiary alicyclic amines) is 1. The Bertz CT molecular complexity index is 705. The van der Waals surface area contributed by atoms with Crippen LogP contribution in [0.25, 0.3) is 11.0 Å². The van der Waals surface area contributed by atoms with E-state index in [0.717, 1.165) is 29.6 Å². The summed E-state index contributed by atoms with van der Waals surface area (Å²) in [6.45, 7) is 4.73. The van der Waals surface area contributed by atoms with Gasteiger partial charge in [0.25, 0.3) is 5.91 Å². The highest BCUT2D eigenvalue weighted by Gasteiger charge is 2.31. The Hall–Kier alpha value is -1.95. The minimum Gasteiger partial charge on any atom is -0.388 e. The third-order valence-electron chi connectivity index (χ3n) is 4.07. The fourth-order valence-electron chi connectivity index (χ4n) is 3.00. The van der Waals surface area contributed by atoms with Crippen molar-refractivity contribution in [1.82, 2.24) is 19.7 Å². The maximum absolute atomic E-state index is 12.6. The molecule has 0 spiro atoms. The highest BCUT2D eigenvalue weighted by molar-refractivity contribution is 5.97. The van der Waals surface area contributed by atoms with Crippen LogP contribution in [0.4, 0.5) is 0 Å². The Labute approximate surface area is 123 Å². The lowest BCUT2D eigenvalue weighted by molar-refractivity contribution is -0.0107. The first kappa shape index (κ1) is 14.0. The molecule has 6 heteroatoms. The molecule has 21 heavy (non-hydrogen) atoms. The summed E-state index contributed by atoms with van der Waals surface area (Å²) in [4.78, 5) is 18.6.